The van der Waals surface area contributed by atoms with Gasteiger partial charge in [0, 0.05) is 19.2 Å². The number of halogens is 1. The fourth-order valence-electron chi connectivity index (χ4n) is 3.40. The Bertz CT molecular complexity index is 949. The molecule has 152 valence electrons. The van der Waals surface area contributed by atoms with Crippen LogP contribution in [0.3, 0.4) is 0 Å². The highest BCUT2D eigenvalue weighted by molar-refractivity contribution is 5.75. The van der Waals surface area contributed by atoms with E-state index in [2.05, 4.69) is 9.88 Å². The van der Waals surface area contributed by atoms with Gasteiger partial charge in [-0.25, -0.2) is 4.39 Å². The van der Waals surface area contributed by atoms with Crippen molar-refractivity contribution in [1.29, 1.82) is 0 Å². The molecule has 1 saturated heterocycles. The molecule has 1 atom stereocenters. The Morgan fingerprint density at radius 1 is 1.24 bits per heavy atom. The molecule has 1 aliphatic rings. The normalized spacial score (nSPS) is 16.0. The number of nitrogens with zero attached hydrogens (tertiary/aromatic N) is 2. The molecule has 0 radical (unpaired) electrons. The van der Waals surface area contributed by atoms with Crippen LogP contribution in [0.2, 0.25) is 0 Å². The molecule has 2 heterocycles. The van der Waals surface area contributed by atoms with Gasteiger partial charge in [0.1, 0.15) is 29.8 Å². The maximum Gasteiger partial charge on any atom is 0.309 e. The van der Waals surface area contributed by atoms with Crippen LogP contribution in [-0.2, 0) is 9.53 Å². The minimum Gasteiger partial charge on any atom is -0.490 e. The number of ether oxygens (including phenoxy) is 2. The third-order valence-corrected chi connectivity index (χ3v) is 4.98. The van der Waals surface area contributed by atoms with E-state index in [1.165, 1.54) is 12.1 Å². The number of para-hydroxylation sites is 2. The summed E-state index contributed by atoms with van der Waals surface area (Å²) in [6, 6.07) is 14.1. The molecule has 0 bridgehead atoms. The van der Waals surface area contributed by atoms with Crippen LogP contribution >= 0.6 is 0 Å². The fraction of sp³-hybridized carbons (Fsp3) is 0.364. The number of rotatable bonds is 6. The average Bonchev–Trinajstić information content (AvgIpc) is 3.17. The Hall–Kier alpha value is -3.09. The SMILES string of the molecule is CC(COc1cccc(F)c1)OC(=O)C1CCN(c2nc3ccccc3o2)CC1. The van der Waals surface area contributed by atoms with Crippen molar-refractivity contribution in [1.82, 2.24) is 4.98 Å². The summed E-state index contributed by atoms with van der Waals surface area (Å²) in [4.78, 5) is 19.0. The van der Waals surface area contributed by atoms with Crippen LogP contribution < -0.4 is 9.64 Å². The van der Waals surface area contributed by atoms with Gasteiger partial charge in [0.2, 0.25) is 0 Å². The van der Waals surface area contributed by atoms with E-state index in [9.17, 15) is 9.18 Å². The van der Waals surface area contributed by atoms with E-state index < -0.39 is 6.10 Å². The molecule has 0 amide bonds. The van der Waals surface area contributed by atoms with Crippen LogP contribution in [0.15, 0.2) is 52.9 Å². The number of carbonyl (C=O) groups excluding carboxylic acids is 1. The van der Waals surface area contributed by atoms with Gasteiger partial charge in [-0.3, -0.25) is 4.79 Å². The third-order valence-electron chi connectivity index (χ3n) is 4.98. The standard InChI is InChI=1S/C22H23FN2O4/c1-15(14-27-18-6-4-5-17(23)13-18)28-21(26)16-9-11-25(12-10-16)22-24-19-7-2-3-8-20(19)29-22/h2-8,13,15-16H,9-12,14H2,1H3. The van der Waals surface area contributed by atoms with E-state index in [1.54, 1.807) is 19.1 Å². The first-order chi connectivity index (χ1) is 14.1. The van der Waals surface area contributed by atoms with E-state index in [1.807, 2.05) is 24.3 Å². The molecule has 1 aliphatic heterocycles. The zero-order valence-electron chi connectivity index (χ0n) is 16.2. The Morgan fingerprint density at radius 3 is 2.79 bits per heavy atom. The first-order valence-corrected chi connectivity index (χ1v) is 9.78. The van der Waals surface area contributed by atoms with E-state index >= 15 is 0 Å². The molecule has 2 aromatic carbocycles. The van der Waals surface area contributed by atoms with Crippen molar-refractivity contribution in [3.63, 3.8) is 0 Å². The number of hydrogen-bond acceptors (Lipinski definition) is 6. The predicted molar refractivity (Wildman–Crippen MR) is 106 cm³/mol. The maximum atomic E-state index is 13.2. The highest BCUT2D eigenvalue weighted by Gasteiger charge is 2.29. The summed E-state index contributed by atoms with van der Waals surface area (Å²) < 4.78 is 30.0. The minimum absolute atomic E-state index is 0.160. The van der Waals surface area contributed by atoms with Gasteiger partial charge in [0.05, 0.1) is 5.92 Å². The molecule has 29 heavy (non-hydrogen) atoms. The van der Waals surface area contributed by atoms with Gasteiger partial charge >= 0.3 is 5.97 Å². The summed E-state index contributed by atoms with van der Waals surface area (Å²) in [5.74, 6) is -0.331. The molecule has 0 saturated carbocycles. The summed E-state index contributed by atoms with van der Waals surface area (Å²) in [6.45, 7) is 3.31. The lowest BCUT2D eigenvalue weighted by Gasteiger charge is -2.30. The Labute approximate surface area is 168 Å². The van der Waals surface area contributed by atoms with Crippen molar-refractivity contribution >= 4 is 23.1 Å². The monoisotopic (exact) mass is 398 g/mol. The second-order valence-corrected chi connectivity index (χ2v) is 7.24. The fourth-order valence-corrected chi connectivity index (χ4v) is 3.40. The van der Waals surface area contributed by atoms with Gasteiger partial charge in [0.25, 0.3) is 6.01 Å². The van der Waals surface area contributed by atoms with Crippen LogP contribution in [0.5, 0.6) is 5.75 Å². The van der Waals surface area contributed by atoms with Gasteiger partial charge in [-0.2, -0.15) is 4.98 Å². The molecule has 1 fully saturated rings. The molecule has 4 rings (SSSR count). The number of hydrogen-bond donors (Lipinski definition) is 0. The Balaban J connectivity index is 1.25. The molecule has 1 unspecified atom stereocenters. The largest absolute Gasteiger partial charge is 0.490 e. The van der Waals surface area contributed by atoms with E-state index in [0.29, 0.717) is 37.7 Å². The number of piperidine rings is 1. The summed E-state index contributed by atoms with van der Waals surface area (Å²) in [5.41, 5.74) is 1.59. The molecular formula is C22H23FN2O4. The summed E-state index contributed by atoms with van der Waals surface area (Å²) >= 11 is 0. The quantitative estimate of drug-likeness (QED) is 0.580. The zero-order chi connectivity index (χ0) is 20.2. The van der Waals surface area contributed by atoms with Crippen molar-refractivity contribution in [2.24, 2.45) is 5.92 Å². The van der Waals surface area contributed by atoms with Gasteiger partial charge < -0.3 is 18.8 Å². The summed E-state index contributed by atoms with van der Waals surface area (Å²) in [7, 11) is 0. The number of aromatic nitrogens is 1. The zero-order valence-corrected chi connectivity index (χ0v) is 16.2. The predicted octanol–water partition coefficient (Wildman–Crippen LogP) is 4.19. The van der Waals surface area contributed by atoms with Gasteiger partial charge in [-0.05, 0) is 44.0 Å². The van der Waals surface area contributed by atoms with Crippen LogP contribution in [0, 0.1) is 11.7 Å². The smallest absolute Gasteiger partial charge is 0.309 e. The molecule has 3 aromatic rings. The molecule has 1 aromatic heterocycles. The van der Waals surface area contributed by atoms with Crippen LogP contribution in [0.1, 0.15) is 19.8 Å². The first kappa shape index (κ1) is 19.2. The first-order valence-electron chi connectivity index (χ1n) is 9.78. The molecule has 7 heteroatoms. The lowest BCUT2D eigenvalue weighted by atomic mass is 9.97. The van der Waals surface area contributed by atoms with Gasteiger partial charge in [-0.1, -0.05) is 18.2 Å². The average molecular weight is 398 g/mol. The second-order valence-electron chi connectivity index (χ2n) is 7.24. The van der Waals surface area contributed by atoms with Crippen molar-refractivity contribution in [2.75, 3.05) is 24.6 Å². The number of fused-ring (bicyclic) bond motifs is 1. The third kappa shape index (κ3) is 4.67. The molecular weight excluding hydrogens is 375 g/mol. The number of benzene rings is 2. The molecule has 0 aliphatic carbocycles. The number of anilines is 1. The van der Waals surface area contributed by atoms with Crippen molar-refractivity contribution < 1.29 is 23.1 Å². The lowest BCUT2D eigenvalue weighted by Crippen LogP contribution is -2.38. The van der Waals surface area contributed by atoms with Crippen LogP contribution in [0.4, 0.5) is 10.4 Å². The van der Waals surface area contributed by atoms with Gasteiger partial charge in [-0.15, -0.1) is 0 Å². The van der Waals surface area contributed by atoms with Gasteiger partial charge in [0.15, 0.2) is 5.58 Å². The minimum atomic E-state index is -0.416. The van der Waals surface area contributed by atoms with Crippen LogP contribution in [0.25, 0.3) is 11.1 Å². The topological polar surface area (TPSA) is 64.8 Å². The lowest BCUT2D eigenvalue weighted by molar-refractivity contribution is -0.155. The second kappa shape index (κ2) is 8.51. The number of esters is 1. The molecule has 0 N–H and O–H groups in total. The van der Waals surface area contributed by atoms with E-state index in [0.717, 1.165) is 11.1 Å². The van der Waals surface area contributed by atoms with Crippen molar-refractivity contribution in [3.05, 3.63) is 54.3 Å². The number of carbonyl (C=O) groups is 1. The van der Waals surface area contributed by atoms with E-state index in [-0.39, 0.29) is 24.3 Å². The maximum absolute atomic E-state index is 13.2. The Kier molecular flexibility index (Phi) is 5.64. The summed E-state index contributed by atoms with van der Waals surface area (Å²) in [5, 5.41) is 0. The highest BCUT2D eigenvalue weighted by Crippen LogP contribution is 2.27. The van der Waals surface area contributed by atoms with Crippen molar-refractivity contribution in [3.8, 4) is 5.75 Å². The number of oxazole rings is 1. The molecule has 6 nitrogen and oxygen atoms in total. The van der Waals surface area contributed by atoms with Crippen molar-refractivity contribution in [2.45, 2.75) is 25.9 Å². The highest BCUT2D eigenvalue weighted by atomic mass is 19.1. The van der Waals surface area contributed by atoms with Crippen LogP contribution in [-0.4, -0.2) is 36.8 Å². The Morgan fingerprint density at radius 2 is 2.03 bits per heavy atom. The van der Waals surface area contributed by atoms with E-state index in [4.69, 9.17) is 13.9 Å². The molecule has 0 spiro atoms. The summed E-state index contributed by atoms with van der Waals surface area (Å²) in [6.07, 6.45) is 0.935.